The predicted octanol–water partition coefficient (Wildman–Crippen LogP) is 5.11. The summed E-state index contributed by atoms with van der Waals surface area (Å²) in [6.07, 6.45) is 1.54. The first-order valence-corrected chi connectivity index (χ1v) is 14.8. The maximum atomic E-state index is 13.7. The Morgan fingerprint density at radius 3 is 2.29 bits per heavy atom. The van der Waals surface area contributed by atoms with Crippen LogP contribution in [0.4, 0.5) is 5.13 Å². The number of hydrogen-bond acceptors (Lipinski definition) is 9. The number of sulfonamides is 1. The molecule has 3 aromatic carbocycles. The van der Waals surface area contributed by atoms with Crippen molar-refractivity contribution in [1.82, 2.24) is 9.29 Å². The summed E-state index contributed by atoms with van der Waals surface area (Å²) in [5.74, 6) is 0.151. The van der Waals surface area contributed by atoms with Crippen LogP contribution in [-0.4, -0.2) is 50.0 Å². The van der Waals surface area contributed by atoms with Crippen molar-refractivity contribution in [3.63, 3.8) is 0 Å². The fourth-order valence-electron chi connectivity index (χ4n) is 3.82. The van der Waals surface area contributed by atoms with Crippen molar-refractivity contribution in [2.45, 2.75) is 24.7 Å². The van der Waals surface area contributed by atoms with Crippen molar-refractivity contribution >= 4 is 48.8 Å². The number of nitrogens with zero attached hydrogens (tertiary/aromatic N) is 6. The summed E-state index contributed by atoms with van der Waals surface area (Å²) in [6.45, 7) is 1.90. The third-order valence-electron chi connectivity index (χ3n) is 6.04. The quantitative estimate of drug-likeness (QED) is 0.176. The first-order valence-electron chi connectivity index (χ1n) is 12.5. The van der Waals surface area contributed by atoms with Crippen molar-refractivity contribution in [3.05, 3.63) is 83.4 Å². The van der Waals surface area contributed by atoms with Crippen LogP contribution < -0.4 is 9.75 Å². The minimum absolute atomic E-state index is 0.0107. The molecule has 0 unspecified atom stereocenters. The number of benzene rings is 3. The number of thiazole rings is 1. The number of methoxy groups -OCH3 is 1. The van der Waals surface area contributed by atoms with E-state index in [0.717, 1.165) is 20.1 Å². The molecule has 0 aliphatic rings. The second kappa shape index (κ2) is 13.2. The van der Waals surface area contributed by atoms with E-state index in [9.17, 15) is 13.2 Å². The van der Waals surface area contributed by atoms with Crippen LogP contribution in [-0.2, 0) is 10.0 Å². The van der Waals surface area contributed by atoms with E-state index in [1.54, 1.807) is 25.5 Å². The molecule has 1 amide bonds. The summed E-state index contributed by atoms with van der Waals surface area (Å²) in [5.41, 5.74) is 2.74. The van der Waals surface area contributed by atoms with Crippen LogP contribution >= 0.6 is 11.3 Å². The number of amides is 1. The van der Waals surface area contributed by atoms with Gasteiger partial charge < -0.3 is 4.74 Å². The van der Waals surface area contributed by atoms with E-state index in [0.29, 0.717) is 16.4 Å². The number of hydrogen-bond donors (Lipinski definition) is 0. The maximum absolute atomic E-state index is 13.7. The van der Waals surface area contributed by atoms with Gasteiger partial charge in [-0.05, 0) is 55.0 Å². The zero-order valence-corrected chi connectivity index (χ0v) is 24.0. The molecule has 0 radical (unpaired) electrons. The molecule has 208 valence electrons. The largest absolute Gasteiger partial charge is 0.497 e. The number of fused-ring (bicyclic) bond motifs is 1. The van der Waals surface area contributed by atoms with E-state index >= 15 is 0 Å². The molecule has 1 heterocycles. The van der Waals surface area contributed by atoms with Crippen LogP contribution in [0.25, 0.3) is 10.2 Å². The molecule has 41 heavy (non-hydrogen) atoms. The van der Waals surface area contributed by atoms with Gasteiger partial charge in [-0.1, -0.05) is 41.2 Å². The van der Waals surface area contributed by atoms with Crippen LogP contribution in [0.2, 0.25) is 0 Å². The zero-order chi connectivity index (χ0) is 29.4. The normalized spacial score (nSPS) is 11.4. The maximum Gasteiger partial charge on any atom is 0.280 e. The van der Waals surface area contributed by atoms with E-state index in [2.05, 4.69) is 10.1 Å². The average Bonchev–Trinajstić information content (AvgIpc) is 3.41. The number of ether oxygens (including phenoxy) is 1. The standard InChI is InChI=1S/C29H26N6O4S2/c1-21-5-7-22(8-6-21)20-32-35(29-33-26-14-11-24(39-2)19-27(26)40-29)28(36)23-9-12-25(13-10-23)41(37,38)34(17-3-15-30)18-4-16-31/h5-14,19-20H,3-4,17-18H2,1-2H3/b32-20+. The molecule has 1 aromatic heterocycles. The molecule has 0 aliphatic heterocycles. The number of carbonyl (C=O) groups excluding carboxylic acids is 1. The molecule has 0 saturated carbocycles. The van der Waals surface area contributed by atoms with E-state index in [4.69, 9.17) is 15.3 Å². The average molecular weight is 587 g/mol. The Hall–Kier alpha value is -4.62. The zero-order valence-electron chi connectivity index (χ0n) is 22.4. The van der Waals surface area contributed by atoms with Gasteiger partial charge in [0.05, 0.1) is 40.6 Å². The molecular weight excluding hydrogens is 560 g/mol. The van der Waals surface area contributed by atoms with Gasteiger partial charge in [0.25, 0.3) is 5.91 Å². The van der Waals surface area contributed by atoms with Crippen LogP contribution in [0.3, 0.4) is 0 Å². The van der Waals surface area contributed by atoms with Crippen molar-refractivity contribution in [2.75, 3.05) is 25.2 Å². The molecule has 0 N–H and O–H groups in total. The summed E-state index contributed by atoms with van der Waals surface area (Å²) >= 11 is 1.27. The Balaban J connectivity index is 1.68. The minimum Gasteiger partial charge on any atom is -0.497 e. The van der Waals surface area contributed by atoms with Gasteiger partial charge in [-0.25, -0.2) is 13.4 Å². The summed E-state index contributed by atoms with van der Waals surface area (Å²) in [7, 11) is -2.41. The first-order chi connectivity index (χ1) is 19.8. The number of rotatable bonds is 11. The SMILES string of the molecule is COc1ccc2nc(N(/N=C/c3ccc(C)cc3)C(=O)c3ccc(S(=O)(=O)N(CCC#N)CCC#N)cc3)sc2c1. The Bertz CT molecular complexity index is 1730. The molecular formula is C29H26N6O4S2. The van der Waals surface area contributed by atoms with Crippen molar-refractivity contribution in [2.24, 2.45) is 5.10 Å². The third-order valence-corrected chi connectivity index (χ3v) is 8.95. The lowest BCUT2D eigenvalue weighted by molar-refractivity contribution is 0.0987. The van der Waals surface area contributed by atoms with Gasteiger partial charge in [-0.2, -0.15) is 24.9 Å². The van der Waals surface area contributed by atoms with E-state index < -0.39 is 15.9 Å². The number of anilines is 1. The Morgan fingerprint density at radius 2 is 1.68 bits per heavy atom. The monoisotopic (exact) mass is 586 g/mol. The molecule has 12 heteroatoms. The number of hydrazone groups is 1. The molecule has 4 rings (SSSR count). The molecule has 10 nitrogen and oxygen atoms in total. The number of aromatic nitrogens is 1. The highest BCUT2D eigenvalue weighted by Gasteiger charge is 2.26. The molecule has 0 spiro atoms. The van der Waals surface area contributed by atoms with Crippen molar-refractivity contribution in [3.8, 4) is 17.9 Å². The van der Waals surface area contributed by atoms with Gasteiger partial charge in [0, 0.05) is 31.5 Å². The third kappa shape index (κ3) is 6.94. The smallest absolute Gasteiger partial charge is 0.280 e. The highest BCUT2D eigenvalue weighted by molar-refractivity contribution is 7.89. The first kappa shape index (κ1) is 29.4. The van der Waals surface area contributed by atoms with Crippen LogP contribution in [0.1, 0.15) is 34.3 Å². The van der Waals surface area contributed by atoms with Gasteiger partial charge in [0.2, 0.25) is 15.2 Å². The van der Waals surface area contributed by atoms with Crippen LogP contribution in [0, 0.1) is 29.6 Å². The number of nitriles is 2. The summed E-state index contributed by atoms with van der Waals surface area (Å²) in [5, 5.41) is 23.8. The Labute approximate surface area is 242 Å². The number of carbonyl (C=O) groups is 1. The molecule has 4 aromatic rings. The summed E-state index contributed by atoms with van der Waals surface area (Å²) in [6, 6.07) is 22.4. The predicted molar refractivity (Wildman–Crippen MR) is 157 cm³/mol. The highest BCUT2D eigenvalue weighted by Crippen LogP contribution is 2.32. The van der Waals surface area contributed by atoms with Gasteiger partial charge >= 0.3 is 0 Å². The topological polar surface area (TPSA) is 140 Å². The Morgan fingerprint density at radius 1 is 1.02 bits per heavy atom. The van der Waals surface area contributed by atoms with Gasteiger partial charge in [-0.15, -0.1) is 0 Å². The minimum atomic E-state index is -3.98. The van der Waals surface area contributed by atoms with Crippen molar-refractivity contribution in [1.29, 1.82) is 10.5 Å². The molecule has 0 aliphatic carbocycles. The van der Waals surface area contributed by atoms with E-state index in [1.165, 1.54) is 40.6 Å². The van der Waals surface area contributed by atoms with Crippen LogP contribution in [0.15, 0.2) is 76.7 Å². The summed E-state index contributed by atoms with van der Waals surface area (Å²) < 4.78 is 33.6. The van der Waals surface area contributed by atoms with Gasteiger partial charge in [0.1, 0.15) is 5.75 Å². The fraction of sp³-hybridized carbons (Fsp3) is 0.207. The molecule has 0 saturated heterocycles. The van der Waals surface area contributed by atoms with E-state index in [-0.39, 0.29) is 36.4 Å². The molecule has 0 atom stereocenters. The highest BCUT2D eigenvalue weighted by atomic mass is 32.2. The Kier molecular flexibility index (Phi) is 9.42. The second-order valence-corrected chi connectivity index (χ2v) is 11.8. The summed E-state index contributed by atoms with van der Waals surface area (Å²) in [4.78, 5) is 18.3. The lowest BCUT2D eigenvalue weighted by atomic mass is 10.2. The second-order valence-electron chi connectivity index (χ2n) is 8.85. The lowest BCUT2D eigenvalue weighted by Crippen LogP contribution is -2.33. The van der Waals surface area contributed by atoms with Gasteiger partial charge in [0.15, 0.2) is 0 Å². The number of aryl methyl sites for hydroxylation is 1. The van der Waals surface area contributed by atoms with E-state index in [1.807, 2.05) is 49.4 Å². The molecule has 0 bridgehead atoms. The lowest BCUT2D eigenvalue weighted by Gasteiger charge is -2.20. The van der Waals surface area contributed by atoms with Crippen LogP contribution in [0.5, 0.6) is 5.75 Å². The fourth-order valence-corrected chi connectivity index (χ4v) is 6.21. The van der Waals surface area contributed by atoms with Crippen molar-refractivity contribution < 1.29 is 17.9 Å². The van der Waals surface area contributed by atoms with Gasteiger partial charge in [-0.3, -0.25) is 4.79 Å². The molecule has 0 fully saturated rings.